The Morgan fingerprint density at radius 2 is 0.920 bits per heavy atom. The Labute approximate surface area is 144 Å². The molecule has 0 amide bonds. The van der Waals surface area contributed by atoms with Crippen molar-refractivity contribution >= 4 is 23.5 Å². The van der Waals surface area contributed by atoms with E-state index in [1.54, 1.807) is 60.7 Å². The molecule has 0 aromatic heterocycles. The fourth-order valence-corrected chi connectivity index (χ4v) is 1.85. The molecule has 0 saturated heterocycles. The Kier molecular flexibility index (Phi) is 6.31. The Morgan fingerprint density at radius 1 is 0.560 bits per heavy atom. The molecule has 0 unspecified atom stereocenters. The van der Waals surface area contributed by atoms with Gasteiger partial charge in [-0.15, -0.1) is 0 Å². The van der Waals surface area contributed by atoms with Crippen LogP contribution in [-0.2, 0) is 14.3 Å². The first kappa shape index (κ1) is 17.7. The van der Waals surface area contributed by atoms with Gasteiger partial charge in [-0.2, -0.15) is 0 Å². The molecule has 124 valence electrons. The van der Waals surface area contributed by atoms with Crippen LogP contribution in [0.2, 0.25) is 0 Å². The summed E-state index contributed by atoms with van der Waals surface area (Å²) in [5.41, 5.74) is 0.817. The normalized spacial score (nSPS) is 10.7. The Hall–Kier alpha value is -3.60. The van der Waals surface area contributed by atoms with Gasteiger partial charge < -0.3 is 4.74 Å². The summed E-state index contributed by atoms with van der Waals surface area (Å²) in [6.45, 7) is 0. The van der Waals surface area contributed by atoms with Crippen molar-refractivity contribution in [2.45, 2.75) is 0 Å². The molecule has 2 rings (SSSR count). The molecule has 0 aliphatic rings. The Bertz CT molecular complexity index is 761. The SMILES string of the molecule is O=C(C=CC(=O)c1ccccc1)OC(=O)C=CC(=O)c1ccccc1. The lowest BCUT2D eigenvalue weighted by molar-refractivity contribution is -0.152. The summed E-state index contributed by atoms with van der Waals surface area (Å²) >= 11 is 0. The van der Waals surface area contributed by atoms with Gasteiger partial charge in [-0.3, -0.25) is 9.59 Å². The zero-order chi connectivity index (χ0) is 18.1. The first-order valence-corrected chi connectivity index (χ1v) is 7.37. The maximum Gasteiger partial charge on any atom is 0.338 e. The van der Waals surface area contributed by atoms with E-state index >= 15 is 0 Å². The highest BCUT2D eigenvalue weighted by Crippen LogP contribution is 2.02. The van der Waals surface area contributed by atoms with Crippen LogP contribution < -0.4 is 0 Å². The van der Waals surface area contributed by atoms with Crippen LogP contribution >= 0.6 is 0 Å². The van der Waals surface area contributed by atoms with Crippen LogP contribution in [-0.4, -0.2) is 23.5 Å². The van der Waals surface area contributed by atoms with Crippen molar-refractivity contribution in [2.75, 3.05) is 0 Å². The lowest BCUT2D eigenvalue weighted by Crippen LogP contribution is -2.08. The van der Waals surface area contributed by atoms with Crippen molar-refractivity contribution in [3.05, 3.63) is 96.1 Å². The quantitative estimate of drug-likeness (QED) is 0.351. The van der Waals surface area contributed by atoms with E-state index in [1.165, 1.54) is 0 Å². The van der Waals surface area contributed by atoms with Gasteiger partial charge in [0, 0.05) is 23.3 Å². The second-order valence-corrected chi connectivity index (χ2v) is 4.87. The zero-order valence-electron chi connectivity index (χ0n) is 13.1. The van der Waals surface area contributed by atoms with Gasteiger partial charge in [0.1, 0.15) is 0 Å². The highest BCUT2D eigenvalue weighted by molar-refractivity contribution is 6.09. The van der Waals surface area contributed by atoms with Gasteiger partial charge >= 0.3 is 11.9 Å². The molecular weight excluding hydrogens is 320 g/mol. The highest BCUT2D eigenvalue weighted by atomic mass is 16.6. The number of allylic oxidation sites excluding steroid dienone is 2. The molecule has 0 aliphatic heterocycles. The summed E-state index contributed by atoms with van der Waals surface area (Å²) in [6, 6.07) is 16.7. The van der Waals surface area contributed by atoms with Crippen molar-refractivity contribution < 1.29 is 23.9 Å². The van der Waals surface area contributed by atoms with Crippen molar-refractivity contribution in [3.63, 3.8) is 0 Å². The number of rotatable bonds is 6. The van der Waals surface area contributed by atoms with Gasteiger partial charge in [-0.1, -0.05) is 60.7 Å². The molecule has 0 aliphatic carbocycles. The maximum absolute atomic E-state index is 11.8. The van der Waals surface area contributed by atoms with Gasteiger partial charge in [0.2, 0.25) is 0 Å². The van der Waals surface area contributed by atoms with E-state index < -0.39 is 11.9 Å². The van der Waals surface area contributed by atoms with E-state index in [0.717, 1.165) is 24.3 Å². The van der Waals surface area contributed by atoms with Crippen molar-refractivity contribution in [2.24, 2.45) is 0 Å². The molecule has 0 fully saturated rings. The van der Waals surface area contributed by atoms with Gasteiger partial charge in [-0.25, -0.2) is 9.59 Å². The minimum atomic E-state index is -0.994. The predicted octanol–water partition coefficient (Wildman–Crippen LogP) is 2.93. The van der Waals surface area contributed by atoms with Gasteiger partial charge in [0.15, 0.2) is 11.6 Å². The molecule has 0 N–H and O–H groups in total. The number of ether oxygens (including phenoxy) is 1. The second kappa shape index (κ2) is 8.88. The molecule has 5 nitrogen and oxygen atoms in total. The third-order valence-corrected chi connectivity index (χ3v) is 3.06. The summed E-state index contributed by atoms with van der Waals surface area (Å²) in [5, 5.41) is 0. The van der Waals surface area contributed by atoms with Crippen LogP contribution in [0, 0.1) is 0 Å². The van der Waals surface area contributed by atoms with Crippen LogP contribution in [0.15, 0.2) is 85.0 Å². The summed E-state index contributed by atoms with van der Waals surface area (Å²) in [6.07, 6.45) is 3.76. The zero-order valence-corrected chi connectivity index (χ0v) is 13.1. The van der Waals surface area contributed by atoms with Crippen LogP contribution in [0.1, 0.15) is 20.7 Å². The lowest BCUT2D eigenvalue weighted by Gasteiger charge is -1.96. The topological polar surface area (TPSA) is 77.5 Å². The fourth-order valence-electron chi connectivity index (χ4n) is 1.85. The lowest BCUT2D eigenvalue weighted by atomic mass is 10.1. The third-order valence-electron chi connectivity index (χ3n) is 3.06. The number of carbonyl (C=O) groups is 4. The third kappa shape index (κ3) is 5.84. The highest BCUT2D eigenvalue weighted by Gasteiger charge is 2.07. The van der Waals surface area contributed by atoms with E-state index in [9.17, 15) is 19.2 Å². The number of hydrogen-bond donors (Lipinski definition) is 0. The van der Waals surface area contributed by atoms with Crippen molar-refractivity contribution in [1.82, 2.24) is 0 Å². The van der Waals surface area contributed by atoms with Crippen molar-refractivity contribution in [1.29, 1.82) is 0 Å². The smallest absolute Gasteiger partial charge is 0.338 e. The Balaban J connectivity index is 1.87. The van der Waals surface area contributed by atoms with Crippen LogP contribution in [0.25, 0.3) is 0 Å². The molecule has 0 saturated carbocycles. The number of benzene rings is 2. The number of esters is 2. The molecule has 2 aromatic carbocycles. The van der Waals surface area contributed by atoms with E-state index in [-0.39, 0.29) is 11.6 Å². The first-order chi connectivity index (χ1) is 12.1. The van der Waals surface area contributed by atoms with Gasteiger partial charge in [0.05, 0.1) is 0 Å². The number of carbonyl (C=O) groups excluding carboxylic acids is 4. The summed E-state index contributed by atoms with van der Waals surface area (Å²) < 4.78 is 4.47. The molecule has 2 aromatic rings. The first-order valence-electron chi connectivity index (χ1n) is 7.37. The van der Waals surface area contributed by atoms with Crippen LogP contribution in [0.5, 0.6) is 0 Å². The summed E-state index contributed by atoms with van der Waals surface area (Å²) in [4.78, 5) is 46.5. The second-order valence-electron chi connectivity index (χ2n) is 4.87. The molecule has 0 spiro atoms. The van der Waals surface area contributed by atoms with E-state index in [0.29, 0.717) is 11.1 Å². The average Bonchev–Trinajstić information content (AvgIpc) is 2.65. The molecule has 0 heterocycles. The standard InChI is InChI=1S/C20H14O5/c21-17(15-7-3-1-4-8-15)11-13-19(23)25-20(24)14-12-18(22)16-9-5-2-6-10-16/h1-14H. The number of ketones is 2. The predicted molar refractivity (Wildman–Crippen MR) is 90.9 cm³/mol. The van der Waals surface area contributed by atoms with Gasteiger partial charge in [0.25, 0.3) is 0 Å². The van der Waals surface area contributed by atoms with Crippen LogP contribution in [0.3, 0.4) is 0 Å². The minimum absolute atomic E-state index is 0.389. The molecule has 0 radical (unpaired) electrons. The van der Waals surface area contributed by atoms with Gasteiger partial charge in [-0.05, 0) is 12.2 Å². The largest absolute Gasteiger partial charge is 0.387 e. The number of hydrogen-bond acceptors (Lipinski definition) is 5. The van der Waals surface area contributed by atoms with E-state index in [1.807, 2.05) is 0 Å². The average molecular weight is 334 g/mol. The molecule has 25 heavy (non-hydrogen) atoms. The summed E-state index contributed by atoms with van der Waals surface area (Å²) in [5.74, 6) is -2.77. The molecule has 0 atom stereocenters. The summed E-state index contributed by atoms with van der Waals surface area (Å²) in [7, 11) is 0. The van der Waals surface area contributed by atoms with Crippen LogP contribution in [0.4, 0.5) is 0 Å². The Morgan fingerprint density at radius 3 is 1.28 bits per heavy atom. The monoisotopic (exact) mass is 334 g/mol. The molecule has 5 heteroatoms. The fraction of sp³-hybridized carbons (Fsp3) is 0. The minimum Gasteiger partial charge on any atom is -0.387 e. The maximum atomic E-state index is 11.8. The van der Waals surface area contributed by atoms with Crippen molar-refractivity contribution in [3.8, 4) is 0 Å². The molecular formula is C20H14O5. The van der Waals surface area contributed by atoms with E-state index in [4.69, 9.17) is 0 Å². The molecule has 0 bridgehead atoms. The van der Waals surface area contributed by atoms with E-state index in [2.05, 4.69) is 4.74 Å².